The molecule has 1 fully saturated rings. The van der Waals surface area contributed by atoms with E-state index in [1.165, 1.54) is 0 Å². The van der Waals surface area contributed by atoms with Crippen molar-refractivity contribution >= 4 is 15.7 Å². The highest BCUT2D eigenvalue weighted by atomic mass is 32.2. The Morgan fingerprint density at radius 2 is 1.95 bits per heavy atom. The van der Waals surface area contributed by atoms with E-state index < -0.39 is 15.4 Å². The van der Waals surface area contributed by atoms with Crippen molar-refractivity contribution in [2.75, 3.05) is 37.7 Å². The summed E-state index contributed by atoms with van der Waals surface area (Å²) >= 11 is 0. The van der Waals surface area contributed by atoms with Gasteiger partial charge in [0.1, 0.15) is 0 Å². The average Bonchev–Trinajstić information content (AvgIpc) is 2.38. The molecule has 1 aliphatic heterocycles. The molecule has 1 saturated heterocycles. The van der Waals surface area contributed by atoms with Crippen molar-refractivity contribution in [3.8, 4) is 0 Å². The Labute approximate surface area is 122 Å². The van der Waals surface area contributed by atoms with Gasteiger partial charge in [-0.2, -0.15) is 0 Å². The van der Waals surface area contributed by atoms with Gasteiger partial charge < -0.3 is 16.0 Å². The molecule has 118 valence electrons. The van der Waals surface area contributed by atoms with Gasteiger partial charge in [-0.15, -0.1) is 0 Å². The number of nitrogens with zero attached hydrogens (tertiary/aromatic N) is 1. The van der Waals surface area contributed by atoms with Gasteiger partial charge in [0.15, 0.2) is 9.84 Å². The first kappa shape index (κ1) is 17.4. The smallest absolute Gasteiger partial charge is 0.237 e. The topological polar surface area (TPSA) is 92.5 Å². The van der Waals surface area contributed by atoms with Crippen molar-refractivity contribution in [1.29, 1.82) is 0 Å². The number of nitrogens with one attached hydrogen (secondary N) is 1. The third kappa shape index (κ3) is 5.38. The van der Waals surface area contributed by atoms with Crippen molar-refractivity contribution in [3.05, 3.63) is 0 Å². The Kier molecular flexibility index (Phi) is 6.42. The van der Waals surface area contributed by atoms with E-state index in [1.807, 2.05) is 13.8 Å². The lowest BCUT2D eigenvalue weighted by Crippen LogP contribution is -2.53. The molecule has 0 radical (unpaired) electrons. The van der Waals surface area contributed by atoms with E-state index in [0.29, 0.717) is 19.5 Å². The van der Waals surface area contributed by atoms with Crippen LogP contribution in [0, 0.1) is 0 Å². The lowest BCUT2D eigenvalue weighted by atomic mass is 9.94. The first-order valence-corrected chi connectivity index (χ1v) is 9.09. The lowest BCUT2D eigenvalue weighted by Gasteiger charge is -2.30. The number of amides is 1. The fourth-order valence-electron chi connectivity index (χ4n) is 2.33. The summed E-state index contributed by atoms with van der Waals surface area (Å²) in [5, 5.41) is 3.21. The van der Waals surface area contributed by atoms with E-state index in [0.717, 1.165) is 25.9 Å². The van der Waals surface area contributed by atoms with Gasteiger partial charge in [-0.25, -0.2) is 8.42 Å². The molecule has 1 aliphatic rings. The first-order valence-electron chi connectivity index (χ1n) is 7.27. The van der Waals surface area contributed by atoms with E-state index in [4.69, 9.17) is 5.73 Å². The number of hydrogen-bond acceptors (Lipinski definition) is 5. The second kappa shape index (κ2) is 7.38. The summed E-state index contributed by atoms with van der Waals surface area (Å²) in [5.41, 5.74) is 4.80. The number of hydrogen-bond donors (Lipinski definition) is 2. The van der Waals surface area contributed by atoms with Crippen molar-refractivity contribution in [3.63, 3.8) is 0 Å². The molecular formula is C13H27N3O3S. The molecule has 20 heavy (non-hydrogen) atoms. The number of carbonyl (C=O) groups excluding carboxylic acids is 1. The number of nitrogens with two attached hydrogens (primary N) is 1. The van der Waals surface area contributed by atoms with Gasteiger partial charge in [-0.1, -0.05) is 6.92 Å². The zero-order valence-corrected chi connectivity index (χ0v) is 13.3. The van der Waals surface area contributed by atoms with Crippen molar-refractivity contribution in [2.24, 2.45) is 5.73 Å². The minimum Gasteiger partial charge on any atom is -0.368 e. The summed E-state index contributed by atoms with van der Waals surface area (Å²) < 4.78 is 22.7. The molecule has 1 unspecified atom stereocenters. The molecular weight excluding hydrogens is 278 g/mol. The normalized spacial score (nSPS) is 22.3. The molecule has 0 aromatic heterocycles. The zero-order valence-electron chi connectivity index (χ0n) is 12.5. The minimum atomic E-state index is -2.82. The fraction of sp³-hybridized carbons (Fsp3) is 0.923. The van der Waals surface area contributed by atoms with Crippen LogP contribution >= 0.6 is 0 Å². The summed E-state index contributed by atoms with van der Waals surface area (Å²) in [6.07, 6.45) is 2.45. The van der Waals surface area contributed by atoms with Crippen molar-refractivity contribution in [1.82, 2.24) is 10.2 Å². The maximum Gasteiger partial charge on any atom is 0.237 e. The monoisotopic (exact) mass is 305 g/mol. The maximum atomic E-state index is 11.6. The van der Waals surface area contributed by atoms with Crippen LogP contribution in [0.2, 0.25) is 0 Å². The van der Waals surface area contributed by atoms with Gasteiger partial charge >= 0.3 is 0 Å². The third-order valence-electron chi connectivity index (χ3n) is 3.90. The van der Waals surface area contributed by atoms with E-state index in [1.54, 1.807) is 0 Å². The number of carbonyl (C=O) groups is 1. The van der Waals surface area contributed by atoms with Crippen LogP contribution in [-0.4, -0.2) is 62.4 Å². The van der Waals surface area contributed by atoms with Gasteiger partial charge in [-0.3, -0.25) is 4.79 Å². The highest BCUT2D eigenvalue weighted by Gasteiger charge is 2.30. The van der Waals surface area contributed by atoms with Crippen LogP contribution in [0.4, 0.5) is 0 Å². The van der Waals surface area contributed by atoms with Crippen LogP contribution in [0.15, 0.2) is 0 Å². The molecule has 0 saturated carbocycles. The molecule has 0 aliphatic carbocycles. The second-order valence-electron chi connectivity index (χ2n) is 5.72. The summed E-state index contributed by atoms with van der Waals surface area (Å²) in [7, 11) is -2.82. The number of primary amides is 1. The van der Waals surface area contributed by atoms with Crippen LogP contribution in [-0.2, 0) is 14.6 Å². The van der Waals surface area contributed by atoms with Crippen LogP contribution in [0.25, 0.3) is 0 Å². The van der Waals surface area contributed by atoms with Crippen LogP contribution < -0.4 is 11.1 Å². The predicted molar refractivity (Wildman–Crippen MR) is 80.2 cm³/mol. The molecule has 6 nitrogen and oxygen atoms in total. The van der Waals surface area contributed by atoms with Crippen LogP contribution in [0.1, 0.15) is 33.1 Å². The van der Waals surface area contributed by atoms with Gasteiger partial charge in [0.25, 0.3) is 0 Å². The molecule has 0 aromatic rings. The Balaban J connectivity index is 2.36. The van der Waals surface area contributed by atoms with Gasteiger partial charge in [-0.05, 0) is 39.3 Å². The third-order valence-corrected chi connectivity index (χ3v) is 5.51. The highest BCUT2D eigenvalue weighted by molar-refractivity contribution is 7.91. The molecule has 1 rings (SSSR count). The minimum absolute atomic E-state index is 0.244. The molecule has 1 atom stereocenters. The van der Waals surface area contributed by atoms with Gasteiger partial charge in [0.05, 0.1) is 17.0 Å². The molecule has 3 N–H and O–H groups in total. The Bertz CT molecular complexity index is 411. The molecule has 1 heterocycles. The van der Waals surface area contributed by atoms with E-state index in [2.05, 4.69) is 10.2 Å². The van der Waals surface area contributed by atoms with E-state index >= 15 is 0 Å². The quantitative estimate of drug-likeness (QED) is 0.644. The average molecular weight is 305 g/mol. The van der Waals surface area contributed by atoms with E-state index in [-0.39, 0.29) is 17.4 Å². The number of sulfone groups is 1. The Hall–Kier alpha value is -0.660. The maximum absolute atomic E-state index is 11.6. The fourth-order valence-corrected chi connectivity index (χ4v) is 3.61. The molecule has 1 amide bonds. The molecule has 0 spiro atoms. The van der Waals surface area contributed by atoms with Crippen LogP contribution in [0.3, 0.4) is 0 Å². The Morgan fingerprint density at radius 3 is 2.45 bits per heavy atom. The molecule has 0 bridgehead atoms. The summed E-state index contributed by atoms with van der Waals surface area (Å²) in [5.74, 6) is 0.162. The van der Waals surface area contributed by atoms with Gasteiger partial charge in [0, 0.05) is 13.1 Å². The SMILES string of the molecule is CCCNC(C)(CCCN1CCS(=O)(=O)CC1)C(N)=O. The summed E-state index contributed by atoms with van der Waals surface area (Å²) in [4.78, 5) is 13.7. The number of rotatable bonds is 8. The molecule has 7 heteroatoms. The standard InChI is InChI=1S/C13H27N3O3S/c1-3-6-15-13(2,12(14)17)5-4-7-16-8-10-20(18,19)11-9-16/h15H,3-11H2,1-2H3,(H2,14,17). The summed E-state index contributed by atoms with van der Waals surface area (Å²) in [6.45, 7) is 6.65. The zero-order chi connectivity index (χ0) is 15.2. The van der Waals surface area contributed by atoms with Crippen LogP contribution in [0.5, 0.6) is 0 Å². The Morgan fingerprint density at radius 1 is 1.35 bits per heavy atom. The largest absolute Gasteiger partial charge is 0.368 e. The van der Waals surface area contributed by atoms with Crippen molar-refractivity contribution < 1.29 is 13.2 Å². The van der Waals surface area contributed by atoms with Gasteiger partial charge in [0.2, 0.25) is 5.91 Å². The highest BCUT2D eigenvalue weighted by Crippen LogP contribution is 2.14. The predicted octanol–water partition coefficient (Wildman–Crippen LogP) is -0.259. The summed E-state index contributed by atoms with van der Waals surface area (Å²) in [6, 6.07) is 0. The molecule has 0 aromatic carbocycles. The van der Waals surface area contributed by atoms with E-state index in [9.17, 15) is 13.2 Å². The van der Waals surface area contributed by atoms with Crippen molar-refractivity contribution in [2.45, 2.75) is 38.6 Å². The second-order valence-corrected chi connectivity index (χ2v) is 8.02. The lowest BCUT2D eigenvalue weighted by molar-refractivity contribution is -0.124. The first-order chi connectivity index (χ1) is 9.29.